The molecule has 0 saturated heterocycles. The van der Waals surface area contributed by atoms with Crippen LogP contribution in [0.25, 0.3) is 0 Å². The van der Waals surface area contributed by atoms with Crippen molar-refractivity contribution in [2.45, 2.75) is 32.6 Å². The van der Waals surface area contributed by atoms with E-state index in [9.17, 15) is 9.59 Å². The minimum atomic E-state index is -0.279. The highest BCUT2D eigenvalue weighted by atomic mass is 32.1. The lowest BCUT2D eigenvalue weighted by molar-refractivity contribution is -0.140. The second kappa shape index (κ2) is 8.41. The standard InChI is InChI=1S/C11H18N4O3S/c1-3-7-12-10(17)13-11-15-14-8(19-11)5-4-6-9(16)18-2/h3-7H2,1-2H3,(H2,12,13,15,17). The zero-order valence-electron chi connectivity index (χ0n) is 11.1. The Morgan fingerprint density at radius 3 is 2.84 bits per heavy atom. The quantitative estimate of drug-likeness (QED) is 0.742. The number of anilines is 1. The Balaban J connectivity index is 2.31. The van der Waals surface area contributed by atoms with Gasteiger partial charge in [0.25, 0.3) is 0 Å². The third-order valence-electron chi connectivity index (χ3n) is 2.22. The van der Waals surface area contributed by atoms with Crippen LogP contribution in [0.1, 0.15) is 31.2 Å². The number of nitrogens with one attached hydrogen (secondary N) is 2. The summed E-state index contributed by atoms with van der Waals surface area (Å²) < 4.78 is 4.55. The van der Waals surface area contributed by atoms with Crippen LogP contribution in [-0.2, 0) is 16.0 Å². The molecule has 0 atom stereocenters. The first-order valence-electron chi connectivity index (χ1n) is 6.09. The van der Waals surface area contributed by atoms with Crippen LogP contribution < -0.4 is 10.6 Å². The highest BCUT2D eigenvalue weighted by molar-refractivity contribution is 7.15. The third-order valence-corrected chi connectivity index (χ3v) is 3.12. The number of urea groups is 1. The van der Waals surface area contributed by atoms with Gasteiger partial charge in [-0.15, -0.1) is 10.2 Å². The van der Waals surface area contributed by atoms with Crippen molar-refractivity contribution in [1.82, 2.24) is 15.5 Å². The van der Waals surface area contributed by atoms with E-state index in [1.807, 2.05) is 6.92 Å². The maximum Gasteiger partial charge on any atom is 0.321 e. The number of rotatable bonds is 7. The van der Waals surface area contributed by atoms with E-state index >= 15 is 0 Å². The number of methoxy groups -OCH3 is 1. The van der Waals surface area contributed by atoms with Crippen molar-refractivity contribution in [2.24, 2.45) is 0 Å². The van der Waals surface area contributed by atoms with Crippen LogP contribution in [0.5, 0.6) is 0 Å². The summed E-state index contributed by atoms with van der Waals surface area (Å²) in [4.78, 5) is 22.3. The van der Waals surface area contributed by atoms with Crippen molar-refractivity contribution >= 4 is 28.5 Å². The highest BCUT2D eigenvalue weighted by Gasteiger charge is 2.08. The Labute approximate surface area is 115 Å². The second-order valence-electron chi connectivity index (χ2n) is 3.81. The summed E-state index contributed by atoms with van der Waals surface area (Å²) in [5.74, 6) is -0.234. The van der Waals surface area contributed by atoms with Crippen LogP contribution in [0.15, 0.2) is 0 Å². The average Bonchev–Trinajstić information content (AvgIpc) is 2.83. The van der Waals surface area contributed by atoms with Gasteiger partial charge in [0, 0.05) is 19.4 Å². The summed E-state index contributed by atoms with van der Waals surface area (Å²) in [5.41, 5.74) is 0. The molecule has 0 spiro atoms. The predicted molar refractivity (Wildman–Crippen MR) is 72.2 cm³/mol. The van der Waals surface area contributed by atoms with Crippen LogP contribution in [0.4, 0.5) is 9.93 Å². The minimum Gasteiger partial charge on any atom is -0.469 e. The topological polar surface area (TPSA) is 93.2 Å². The molecule has 8 heteroatoms. The molecule has 2 N–H and O–H groups in total. The molecule has 2 amide bonds. The molecule has 0 bridgehead atoms. The number of ether oxygens (including phenoxy) is 1. The molecule has 0 aliphatic rings. The van der Waals surface area contributed by atoms with Crippen LogP contribution in [0.3, 0.4) is 0 Å². The van der Waals surface area contributed by atoms with Gasteiger partial charge in [0.1, 0.15) is 5.01 Å². The number of aryl methyl sites for hydroxylation is 1. The summed E-state index contributed by atoms with van der Waals surface area (Å²) in [5, 5.41) is 14.3. The van der Waals surface area contributed by atoms with Gasteiger partial charge in [-0.3, -0.25) is 10.1 Å². The van der Waals surface area contributed by atoms with Crippen molar-refractivity contribution in [3.8, 4) is 0 Å². The van der Waals surface area contributed by atoms with Gasteiger partial charge in [0.15, 0.2) is 0 Å². The van der Waals surface area contributed by atoms with Crippen molar-refractivity contribution in [3.63, 3.8) is 0 Å². The molecule has 0 unspecified atom stereocenters. The van der Waals surface area contributed by atoms with Gasteiger partial charge in [-0.25, -0.2) is 4.79 Å². The van der Waals surface area contributed by atoms with Gasteiger partial charge in [0.2, 0.25) is 5.13 Å². The van der Waals surface area contributed by atoms with Gasteiger partial charge < -0.3 is 10.1 Å². The first-order chi connectivity index (χ1) is 9.15. The largest absolute Gasteiger partial charge is 0.469 e. The van der Waals surface area contributed by atoms with Gasteiger partial charge in [-0.05, 0) is 12.8 Å². The van der Waals surface area contributed by atoms with E-state index in [1.165, 1.54) is 18.4 Å². The van der Waals surface area contributed by atoms with Crippen LogP contribution in [0.2, 0.25) is 0 Å². The fraction of sp³-hybridized carbons (Fsp3) is 0.636. The zero-order valence-corrected chi connectivity index (χ0v) is 11.9. The molecule has 0 aromatic carbocycles. The fourth-order valence-electron chi connectivity index (χ4n) is 1.27. The molecule has 1 heterocycles. The Hall–Kier alpha value is -1.70. The first-order valence-corrected chi connectivity index (χ1v) is 6.91. The third kappa shape index (κ3) is 6.14. The lowest BCUT2D eigenvalue weighted by Crippen LogP contribution is -2.29. The zero-order chi connectivity index (χ0) is 14.1. The Morgan fingerprint density at radius 1 is 1.37 bits per heavy atom. The molecule has 0 fully saturated rings. The summed E-state index contributed by atoms with van der Waals surface area (Å²) >= 11 is 1.31. The molecule has 7 nitrogen and oxygen atoms in total. The van der Waals surface area contributed by atoms with E-state index in [4.69, 9.17) is 0 Å². The number of carbonyl (C=O) groups is 2. The number of nitrogens with zero attached hydrogens (tertiary/aromatic N) is 2. The van der Waals surface area contributed by atoms with Crippen molar-refractivity contribution in [3.05, 3.63) is 5.01 Å². The fourth-order valence-corrected chi connectivity index (χ4v) is 2.05. The number of esters is 1. The molecule has 19 heavy (non-hydrogen) atoms. The summed E-state index contributed by atoms with van der Waals surface area (Å²) in [7, 11) is 1.37. The average molecular weight is 286 g/mol. The molecular weight excluding hydrogens is 268 g/mol. The monoisotopic (exact) mass is 286 g/mol. The van der Waals surface area contributed by atoms with Gasteiger partial charge in [0.05, 0.1) is 7.11 Å². The summed E-state index contributed by atoms with van der Waals surface area (Å²) in [6.07, 6.45) is 2.53. The Kier molecular flexibility index (Phi) is 6.80. The van der Waals surface area contributed by atoms with Crippen LogP contribution >= 0.6 is 11.3 Å². The van der Waals surface area contributed by atoms with E-state index in [2.05, 4.69) is 25.6 Å². The number of hydrogen-bond acceptors (Lipinski definition) is 6. The number of carbonyl (C=O) groups excluding carboxylic acids is 2. The van der Waals surface area contributed by atoms with Crippen LogP contribution in [-0.4, -0.2) is 35.9 Å². The van der Waals surface area contributed by atoms with E-state index in [0.29, 0.717) is 30.9 Å². The molecule has 0 radical (unpaired) electrons. The van der Waals surface area contributed by atoms with Gasteiger partial charge in [-0.1, -0.05) is 18.3 Å². The Bertz CT molecular complexity index is 422. The van der Waals surface area contributed by atoms with Gasteiger partial charge in [-0.2, -0.15) is 0 Å². The molecule has 0 aliphatic carbocycles. The van der Waals surface area contributed by atoms with E-state index in [-0.39, 0.29) is 12.0 Å². The lowest BCUT2D eigenvalue weighted by Gasteiger charge is -2.01. The highest BCUT2D eigenvalue weighted by Crippen LogP contribution is 2.17. The second-order valence-corrected chi connectivity index (χ2v) is 4.87. The molecular formula is C11H18N4O3S. The molecule has 0 saturated carbocycles. The molecule has 1 aromatic rings. The van der Waals surface area contributed by atoms with Crippen molar-refractivity contribution in [2.75, 3.05) is 19.0 Å². The van der Waals surface area contributed by atoms with Crippen molar-refractivity contribution in [1.29, 1.82) is 0 Å². The molecule has 106 valence electrons. The molecule has 1 rings (SSSR count). The predicted octanol–water partition coefficient (Wildman–Crippen LogP) is 1.57. The van der Waals surface area contributed by atoms with Crippen LogP contribution in [0, 0.1) is 0 Å². The van der Waals surface area contributed by atoms with Crippen molar-refractivity contribution < 1.29 is 14.3 Å². The van der Waals surface area contributed by atoms with E-state index in [0.717, 1.165) is 11.4 Å². The molecule has 0 aliphatic heterocycles. The number of hydrogen-bond donors (Lipinski definition) is 2. The normalized spacial score (nSPS) is 10.0. The number of amides is 2. The maximum atomic E-state index is 11.4. The smallest absolute Gasteiger partial charge is 0.321 e. The van der Waals surface area contributed by atoms with E-state index < -0.39 is 0 Å². The number of aromatic nitrogens is 2. The lowest BCUT2D eigenvalue weighted by atomic mass is 10.2. The minimum absolute atomic E-state index is 0.234. The SMILES string of the molecule is CCCNC(=O)Nc1nnc(CCCC(=O)OC)s1. The van der Waals surface area contributed by atoms with E-state index in [1.54, 1.807) is 0 Å². The first kappa shape index (κ1) is 15.4. The maximum absolute atomic E-state index is 11.4. The Morgan fingerprint density at radius 2 is 2.16 bits per heavy atom. The molecule has 1 aromatic heterocycles. The van der Waals surface area contributed by atoms with Gasteiger partial charge >= 0.3 is 12.0 Å². The summed E-state index contributed by atoms with van der Waals surface area (Å²) in [6, 6.07) is -0.279. The summed E-state index contributed by atoms with van der Waals surface area (Å²) in [6.45, 7) is 2.60.